The summed E-state index contributed by atoms with van der Waals surface area (Å²) in [5.41, 5.74) is 0.381. The predicted molar refractivity (Wildman–Crippen MR) is 109 cm³/mol. The maximum Gasteiger partial charge on any atom is 0.350 e. The molecule has 0 saturated carbocycles. The molecule has 12 nitrogen and oxygen atoms in total. The third-order valence-corrected chi connectivity index (χ3v) is 6.23. The van der Waals surface area contributed by atoms with E-state index in [1.165, 1.54) is 4.57 Å². The molecular formula is C17H24ClN4O8P. The van der Waals surface area contributed by atoms with Crippen LogP contribution in [0, 0.1) is 0 Å². The van der Waals surface area contributed by atoms with E-state index >= 15 is 0 Å². The molecule has 31 heavy (non-hydrogen) atoms. The minimum atomic E-state index is -4.36. The van der Waals surface area contributed by atoms with Crippen LogP contribution in [0.3, 0.4) is 0 Å². The minimum Gasteiger partial charge on any atom is -0.394 e. The average Bonchev–Trinajstić information content (AvgIpc) is 3.40. The van der Waals surface area contributed by atoms with Crippen molar-refractivity contribution in [2.75, 3.05) is 31.0 Å². The first-order chi connectivity index (χ1) is 14.7. The first-order valence-electron chi connectivity index (χ1n) is 9.75. The lowest BCUT2D eigenvalue weighted by Crippen LogP contribution is -2.34. The van der Waals surface area contributed by atoms with Crippen molar-refractivity contribution in [1.82, 2.24) is 14.5 Å². The molecule has 0 bridgehead atoms. The predicted octanol–water partition coefficient (Wildman–Crippen LogP) is -0.183. The molecule has 172 valence electrons. The highest BCUT2D eigenvalue weighted by Gasteiger charge is 2.44. The molecule has 5 atom stereocenters. The van der Waals surface area contributed by atoms with E-state index in [-0.39, 0.29) is 24.5 Å². The molecule has 5 N–H and O–H groups in total. The number of fused-ring (bicyclic) bond motifs is 1. The van der Waals surface area contributed by atoms with Gasteiger partial charge in [-0.15, -0.1) is 0 Å². The zero-order valence-electron chi connectivity index (χ0n) is 16.4. The van der Waals surface area contributed by atoms with Crippen LogP contribution in [-0.2, 0) is 14.0 Å². The lowest BCUT2D eigenvalue weighted by Gasteiger charge is -2.25. The smallest absolute Gasteiger partial charge is 0.350 e. The van der Waals surface area contributed by atoms with E-state index in [0.29, 0.717) is 23.4 Å². The summed E-state index contributed by atoms with van der Waals surface area (Å²) in [6.07, 6.45) is -2.17. The molecule has 14 heteroatoms. The summed E-state index contributed by atoms with van der Waals surface area (Å²) in [5.74, 6) is 0.569. The van der Waals surface area contributed by atoms with Crippen LogP contribution in [0.1, 0.15) is 19.1 Å². The molecule has 0 unspecified atom stereocenters. The van der Waals surface area contributed by atoms with Gasteiger partial charge in [0, 0.05) is 12.7 Å². The van der Waals surface area contributed by atoms with Gasteiger partial charge in [-0.05, 0) is 30.5 Å². The van der Waals surface area contributed by atoms with Crippen LogP contribution in [0.2, 0.25) is 5.28 Å². The van der Waals surface area contributed by atoms with Crippen molar-refractivity contribution >= 4 is 36.0 Å². The third-order valence-electron chi connectivity index (χ3n) is 5.54. The van der Waals surface area contributed by atoms with E-state index in [1.54, 1.807) is 12.3 Å². The monoisotopic (exact) mass is 478 g/mol. The average molecular weight is 479 g/mol. The number of ether oxygens (including phenoxy) is 2. The van der Waals surface area contributed by atoms with Crippen LogP contribution in [-0.4, -0.2) is 90.1 Å². The number of hydrogen-bond donors (Lipinski definition) is 5. The number of aliphatic hydroxyl groups excluding tert-OH is 3. The summed E-state index contributed by atoms with van der Waals surface area (Å²) in [7, 11) is -4.36. The van der Waals surface area contributed by atoms with E-state index in [1.807, 2.05) is 4.90 Å². The van der Waals surface area contributed by atoms with Crippen LogP contribution in [0.4, 0.5) is 5.82 Å². The Morgan fingerprint density at radius 3 is 2.77 bits per heavy atom. The van der Waals surface area contributed by atoms with E-state index < -0.39 is 38.5 Å². The first kappa shape index (κ1) is 22.8. The van der Waals surface area contributed by atoms with E-state index in [0.717, 1.165) is 12.8 Å². The van der Waals surface area contributed by atoms with Gasteiger partial charge in [0.05, 0.1) is 24.6 Å². The summed E-state index contributed by atoms with van der Waals surface area (Å²) in [5, 5.41) is 31.1. The number of aromatic nitrogens is 3. The van der Waals surface area contributed by atoms with Crippen LogP contribution in [0.15, 0.2) is 12.3 Å². The Hall–Kier alpha value is -1.34. The standard InChI is InChI=1S/C17H24ClN4O8P/c18-17-19-14(21-4-1-2-9(21)6-23)10-3-5-22(15(10)20-17)16-13(25)12(24)11(30-16)7-29-8-31(26,27)28/h3,5,9,11-13,16,23-25H,1-2,4,6-8H2,(H2,26,27,28)/t9-,11-,12-,13-,16-/m1/s1. The van der Waals surface area contributed by atoms with Crippen LogP contribution in [0.25, 0.3) is 11.0 Å². The summed E-state index contributed by atoms with van der Waals surface area (Å²) in [6.45, 7) is 0.377. The van der Waals surface area contributed by atoms with Crippen molar-refractivity contribution in [1.29, 1.82) is 0 Å². The van der Waals surface area contributed by atoms with Gasteiger partial charge in [-0.1, -0.05) is 0 Å². The Bertz CT molecular complexity index is 986. The Morgan fingerprint density at radius 2 is 2.06 bits per heavy atom. The molecule has 0 aliphatic carbocycles. The van der Waals surface area contributed by atoms with Gasteiger partial charge >= 0.3 is 7.60 Å². The summed E-state index contributed by atoms with van der Waals surface area (Å²) >= 11 is 6.16. The van der Waals surface area contributed by atoms with Crippen molar-refractivity contribution in [3.63, 3.8) is 0 Å². The molecule has 0 spiro atoms. The fraction of sp³-hybridized carbons (Fsp3) is 0.647. The number of hydrogen-bond acceptors (Lipinski definition) is 9. The van der Waals surface area contributed by atoms with E-state index in [2.05, 4.69) is 9.97 Å². The van der Waals surface area contributed by atoms with Gasteiger partial charge in [0.2, 0.25) is 5.28 Å². The van der Waals surface area contributed by atoms with Gasteiger partial charge in [-0.25, -0.2) is 0 Å². The summed E-state index contributed by atoms with van der Waals surface area (Å²) in [6, 6.07) is 1.66. The maximum atomic E-state index is 10.9. The van der Waals surface area contributed by atoms with Crippen molar-refractivity contribution < 1.29 is 39.1 Å². The maximum absolute atomic E-state index is 10.9. The van der Waals surface area contributed by atoms with Gasteiger partial charge in [0.25, 0.3) is 0 Å². The quantitative estimate of drug-likeness (QED) is 0.264. The highest BCUT2D eigenvalue weighted by molar-refractivity contribution is 7.51. The van der Waals surface area contributed by atoms with E-state index in [4.69, 9.17) is 30.9 Å². The van der Waals surface area contributed by atoms with Gasteiger partial charge in [-0.3, -0.25) is 4.57 Å². The van der Waals surface area contributed by atoms with Crippen LogP contribution in [0.5, 0.6) is 0 Å². The fourth-order valence-electron chi connectivity index (χ4n) is 4.10. The third kappa shape index (κ3) is 4.58. The summed E-state index contributed by atoms with van der Waals surface area (Å²) < 4.78 is 23.1. The second-order valence-corrected chi connectivity index (χ2v) is 9.59. The molecule has 4 heterocycles. The van der Waals surface area contributed by atoms with E-state index in [9.17, 15) is 19.9 Å². The molecular weight excluding hydrogens is 455 g/mol. The number of halogens is 1. The highest BCUT2D eigenvalue weighted by Crippen LogP contribution is 2.37. The van der Waals surface area contributed by atoms with Crippen LogP contribution >= 0.6 is 19.2 Å². The molecule has 4 rings (SSSR count). The molecule has 0 radical (unpaired) electrons. The molecule has 2 fully saturated rings. The Balaban J connectivity index is 1.60. The zero-order valence-corrected chi connectivity index (χ0v) is 18.0. The molecule has 2 aliphatic heterocycles. The van der Waals surface area contributed by atoms with Gasteiger partial charge in [0.15, 0.2) is 6.23 Å². The van der Waals surface area contributed by atoms with Crippen LogP contribution < -0.4 is 4.90 Å². The number of nitrogens with zero attached hydrogens (tertiary/aromatic N) is 4. The topological polar surface area (TPSA) is 171 Å². The Labute approximate surface area is 182 Å². The molecule has 0 aromatic carbocycles. The number of anilines is 1. The fourth-order valence-corrected chi connectivity index (χ4v) is 4.61. The Kier molecular flexibility index (Phi) is 6.55. The lowest BCUT2D eigenvalue weighted by molar-refractivity contribution is -0.0610. The number of rotatable bonds is 7. The number of aliphatic hydroxyl groups is 3. The van der Waals surface area contributed by atoms with Crippen molar-refractivity contribution in [2.24, 2.45) is 0 Å². The van der Waals surface area contributed by atoms with Gasteiger partial charge < -0.3 is 44.0 Å². The Morgan fingerprint density at radius 1 is 1.29 bits per heavy atom. The minimum absolute atomic E-state index is 0.0133. The van der Waals surface area contributed by atoms with Gasteiger partial charge in [-0.2, -0.15) is 9.97 Å². The van der Waals surface area contributed by atoms with Crippen molar-refractivity contribution in [2.45, 2.75) is 43.4 Å². The largest absolute Gasteiger partial charge is 0.394 e. The molecule has 2 aromatic rings. The lowest BCUT2D eigenvalue weighted by atomic mass is 10.1. The first-order valence-corrected chi connectivity index (χ1v) is 11.9. The summed E-state index contributed by atoms with van der Waals surface area (Å²) in [4.78, 5) is 28.4. The second-order valence-electron chi connectivity index (χ2n) is 7.66. The molecule has 2 saturated heterocycles. The highest BCUT2D eigenvalue weighted by atomic mass is 35.5. The molecule has 0 amide bonds. The second kappa shape index (κ2) is 8.89. The molecule has 2 aliphatic rings. The SMILES string of the molecule is O=P(O)(O)COC[C@H]1O[C@@H](n2ccc3c(N4CCC[C@@H]4CO)nc(Cl)nc32)[C@H](O)[C@@H]1O. The van der Waals surface area contributed by atoms with Gasteiger partial charge in [0.1, 0.15) is 36.1 Å². The molecule has 2 aromatic heterocycles. The van der Waals surface area contributed by atoms with Crippen molar-refractivity contribution in [3.8, 4) is 0 Å². The van der Waals surface area contributed by atoms with Crippen molar-refractivity contribution in [3.05, 3.63) is 17.5 Å². The normalized spacial score (nSPS) is 29.4. The zero-order chi connectivity index (χ0) is 22.3.